The van der Waals surface area contributed by atoms with Gasteiger partial charge in [0.05, 0.1) is 6.61 Å². The van der Waals surface area contributed by atoms with Crippen molar-refractivity contribution < 1.29 is 14.6 Å². The molecule has 0 amide bonds. The molecule has 24 heavy (non-hydrogen) atoms. The fraction of sp³-hybridized carbons (Fsp3) is 0.857. The fourth-order valence-corrected chi connectivity index (χ4v) is 2.69. The third-order valence-corrected chi connectivity index (χ3v) is 4.23. The Morgan fingerprint density at radius 3 is 1.79 bits per heavy atom. The van der Waals surface area contributed by atoms with E-state index in [1.165, 1.54) is 77.0 Å². The van der Waals surface area contributed by atoms with Crippen LogP contribution in [0.1, 0.15) is 96.8 Å². The highest BCUT2D eigenvalue weighted by Crippen LogP contribution is 2.10. The molecule has 0 aromatic rings. The molecule has 0 aromatic heterocycles. The summed E-state index contributed by atoms with van der Waals surface area (Å²) in [6.07, 6.45) is 21.9. The fourth-order valence-electron chi connectivity index (χ4n) is 2.69. The first-order valence-corrected chi connectivity index (χ1v) is 10.1. The van der Waals surface area contributed by atoms with E-state index in [2.05, 4.69) is 19.1 Å². The third kappa shape index (κ3) is 19.4. The average Bonchev–Trinajstić information content (AvgIpc) is 2.60. The summed E-state index contributed by atoms with van der Waals surface area (Å²) in [4.78, 5) is 10.1. The summed E-state index contributed by atoms with van der Waals surface area (Å²) in [5, 5.41) is 10.8. The number of ether oxygens (including phenoxy) is 1. The lowest BCUT2D eigenvalue weighted by atomic mass is 10.1. The van der Waals surface area contributed by atoms with Crippen LogP contribution in [-0.4, -0.2) is 25.6 Å². The number of hydrogen-bond acceptors (Lipinski definition) is 2. The monoisotopic (exact) mass is 339 g/mol. The molecule has 0 spiro atoms. The van der Waals surface area contributed by atoms with E-state index in [4.69, 9.17) is 4.74 Å². The topological polar surface area (TPSA) is 46.2 Å². The van der Waals surface area contributed by atoms with Gasteiger partial charge in [0.25, 0.3) is 0 Å². The molecule has 141 valence electrons. The average molecular weight is 340 g/mol. The first-order valence-electron chi connectivity index (χ1n) is 10.1. The van der Waals surface area contributed by atoms with Gasteiger partial charge in [-0.3, -0.25) is 0 Å². The van der Waals surface area contributed by atoms with Crippen LogP contribution in [-0.2, 0) is 14.6 Å². The van der Waals surface area contributed by atoms with E-state index in [1.807, 2.05) is 0 Å². The standard InChI is InChI=1S/C21H39O3/c1-2-3-4-5-6-7-8-9-10-11-12-13-14-15-16-17-18-24-20-21(23)19-22/h9-10,19,21H,2-8,11-18,20H2,1H3/b10-9-. The SMILES string of the molecule is CCCCCCCC/C=C\CCCCCCCCOCC([O])C=O. The Kier molecular flexibility index (Phi) is 19.8. The molecule has 0 aliphatic rings. The molecular formula is C21H39O3. The van der Waals surface area contributed by atoms with Crippen molar-refractivity contribution in [1.29, 1.82) is 0 Å². The normalized spacial score (nSPS) is 12.8. The van der Waals surface area contributed by atoms with Crippen molar-refractivity contribution in [3.05, 3.63) is 12.2 Å². The lowest BCUT2D eigenvalue weighted by Crippen LogP contribution is -2.15. The minimum atomic E-state index is -1.21. The molecular weight excluding hydrogens is 300 g/mol. The van der Waals surface area contributed by atoms with Gasteiger partial charge in [-0.05, 0) is 32.1 Å². The number of rotatable bonds is 19. The van der Waals surface area contributed by atoms with Crippen molar-refractivity contribution in [1.82, 2.24) is 0 Å². The number of carbonyl (C=O) groups excluding carboxylic acids is 1. The molecule has 0 saturated heterocycles. The van der Waals surface area contributed by atoms with Gasteiger partial charge < -0.3 is 9.53 Å². The Morgan fingerprint density at radius 1 is 0.750 bits per heavy atom. The Hall–Kier alpha value is -0.670. The van der Waals surface area contributed by atoms with Crippen LogP contribution in [0.3, 0.4) is 0 Å². The van der Waals surface area contributed by atoms with Crippen molar-refractivity contribution in [2.45, 2.75) is 103 Å². The lowest BCUT2D eigenvalue weighted by molar-refractivity contribution is -0.121. The van der Waals surface area contributed by atoms with Gasteiger partial charge >= 0.3 is 0 Å². The summed E-state index contributed by atoms with van der Waals surface area (Å²) >= 11 is 0. The Morgan fingerprint density at radius 2 is 1.25 bits per heavy atom. The van der Waals surface area contributed by atoms with E-state index in [0.29, 0.717) is 12.9 Å². The van der Waals surface area contributed by atoms with Gasteiger partial charge in [-0.2, -0.15) is 0 Å². The van der Waals surface area contributed by atoms with Crippen LogP contribution in [0.15, 0.2) is 12.2 Å². The number of allylic oxidation sites excluding steroid dienone is 2. The zero-order valence-electron chi connectivity index (χ0n) is 15.8. The Labute approximate surface area is 149 Å². The number of carbonyl (C=O) groups is 1. The highest BCUT2D eigenvalue weighted by Gasteiger charge is 2.02. The van der Waals surface area contributed by atoms with Crippen molar-refractivity contribution in [2.24, 2.45) is 0 Å². The number of aldehydes is 1. The molecule has 1 radical (unpaired) electrons. The molecule has 0 N–H and O–H groups in total. The van der Waals surface area contributed by atoms with Crippen LogP contribution in [0.5, 0.6) is 0 Å². The van der Waals surface area contributed by atoms with E-state index in [-0.39, 0.29) is 6.61 Å². The van der Waals surface area contributed by atoms with Gasteiger partial charge in [0, 0.05) is 6.61 Å². The van der Waals surface area contributed by atoms with Crippen molar-refractivity contribution in [2.75, 3.05) is 13.2 Å². The number of hydrogen-bond donors (Lipinski definition) is 0. The smallest absolute Gasteiger partial charge is 0.171 e. The molecule has 0 aromatic carbocycles. The first kappa shape index (κ1) is 23.3. The summed E-state index contributed by atoms with van der Waals surface area (Å²) in [5.74, 6) is 0. The van der Waals surface area contributed by atoms with Crippen LogP contribution in [0.25, 0.3) is 0 Å². The molecule has 1 unspecified atom stereocenters. The summed E-state index contributed by atoms with van der Waals surface area (Å²) in [7, 11) is 0. The van der Waals surface area contributed by atoms with Gasteiger partial charge in [0.1, 0.15) is 0 Å². The highest BCUT2D eigenvalue weighted by molar-refractivity contribution is 5.55. The maximum absolute atomic E-state index is 10.8. The molecule has 1 atom stereocenters. The van der Waals surface area contributed by atoms with Crippen molar-refractivity contribution in [3.8, 4) is 0 Å². The second-order valence-corrected chi connectivity index (χ2v) is 6.69. The zero-order chi connectivity index (χ0) is 17.7. The minimum absolute atomic E-state index is 0.0224. The van der Waals surface area contributed by atoms with Gasteiger partial charge in [-0.25, -0.2) is 5.11 Å². The summed E-state index contributed by atoms with van der Waals surface area (Å²) in [6, 6.07) is 0. The van der Waals surface area contributed by atoms with E-state index in [1.54, 1.807) is 0 Å². The molecule has 0 rings (SSSR count). The van der Waals surface area contributed by atoms with Crippen LogP contribution >= 0.6 is 0 Å². The quantitative estimate of drug-likeness (QED) is 0.164. The summed E-state index contributed by atoms with van der Waals surface area (Å²) in [5.41, 5.74) is 0. The van der Waals surface area contributed by atoms with E-state index in [0.717, 1.165) is 12.8 Å². The van der Waals surface area contributed by atoms with Gasteiger partial charge in [-0.15, -0.1) is 0 Å². The van der Waals surface area contributed by atoms with Crippen LogP contribution in [0.4, 0.5) is 0 Å². The van der Waals surface area contributed by atoms with Crippen molar-refractivity contribution >= 4 is 6.29 Å². The van der Waals surface area contributed by atoms with Crippen LogP contribution in [0, 0.1) is 0 Å². The van der Waals surface area contributed by atoms with Crippen molar-refractivity contribution in [3.63, 3.8) is 0 Å². The molecule has 3 heteroatoms. The van der Waals surface area contributed by atoms with Gasteiger partial charge in [0.2, 0.25) is 0 Å². The second kappa shape index (κ2) is 20.4. The maximum Gasteiger partial charge on any atom is 0.171 e. The zero-order valence-corrected chi connectivity index (χ0v) is 15.8. The Bertz CT molecular complexity index is 276. The Balaban J connectivity index is 3.09. The van der Waals surface area contributed by atoms with E-state index in [9.17, 15) is 9.90 Å². The summed E-state index contributed by atoms with van der Waals surface area (Å²) in [6.45, 7) is 2.89. The maximum atomic E-state index is 10.8. The first-order chi connectivity index (χ1) is 11.8. The molecule has 3 nitrogen and oxygen atoms in total. The molecule has 0 bridgehead atoms. The van der Waals surface area contributed by atoms with E-state index >= 15 is 0 Å². The lowest BCUT2D eigenvalue weighted by Gasteiger charge is -2.04. The van der Waals surface area contributed by atoms with Gasteiger partial charge in [-0.1, -0.05) is 76.9 Å². The molecule has 0 saturated carbocycles. The second-order valence-electron chi connectivity index (χ2n) is 6.69. The molecule has 0 aliphatic carbocycles. The molecule has 0 fully saturated rings. The number of unbranched alkanes of at least 4 members (excludes halogenated alkanes) is 12. The van der Waals surface area contributed by atoms with Gasteiger partial charge in [0.15, 0.2) is 12.4 Å². The summed E-state index contributed by atoms with van der Waals surface area (Å²) < 4.78 is 5.15. The minimum Gasteiger partial charge on any atom is -0.378 e. The van der Waals surface area contributed by atoms with E-state index < -0.39 is 6.10 Å². The van der Waals surface area contributed by atoms with Crippen LogP contribution in [0.2, 0.25) is 0 Å². The van der Waals surface area contributed by atoms with Crippen LogP contribution < -0.4 is 0 Å². The highest BCUT2D eigenvalue weighted by atomic mass is 16.5. The predicted octanol–water partition coefficient (Wildman–Crippen LogP) is 6.04. The predicted molar refractivity (Wildman–Crippen MR) is 101 cm³/mol. The largest absolute Gasteiger partial charge is 0.378 e. The third-order valence-electron chi connectivity index (χ3n) is 4.23. The molecule has 0 aliphatic heterocycles. The molecule has 0 heterocycles.